The second-order valence-corrected chi connectivity index (χ2v) is 7.09. The van der Waals surface area contributed by atoms with Gasteiger partial charge in [0, 0.05) is 55.9 Å². The van der Waals surface area contributed by atoms with E-state index < -0.39 is 0 Å². The maximum atomic E-state index is 5.64. The molecule has 0 bridgehead atoms. The summed E-state index contributed by atoms with van der Waals surface area (Å²) in [6.45, 7) is 11.7. The van der Waals surface area contributed by atoms with Crippen molar-refractivity contribution in [1.82, 2.24) is 10.3 Å². The van der Waals surface area contributed by atoms with E-state index in [0.29, 0.717) is 12.0 Å². The van der Waals surface area contributed by atoms with E-state index in [2.05, 4.69) is 49.0 Å². The van der Waals surface area contributed by atoms with Crippen LogP contribution in [0, 0.1) is 5.92 Å². The zero-order valence-corrected chi connectivity index (χ0v) is 14.0. The van der Waals surface area contributed by atoms with Crippen LogP contribution in [0.1, 0.15) is 39.7 Å². The summed E-state index contributed by atoms with van der Waals surface area (Å²) >= 11 is 0. The van der Waals surface area contributed by atoms with Crippen molar-refractivity contribution in [3.8, 4) is 0 Å². The summed E-state index contributed by atoms with van der Waals surface area (Å²) in [7, 11) is 1.82. The molecule has 0 radical (unpaired) electrons. The lowest BCUT2D eigenvalue weighted by atomic mass is 9.95. The molecule has 1 aliphatic rings. The Morgan fingerprint density at radius 1 is 1.43 bits per heavy atom. The summed E-state index contributed by atoms with van der Waals surface area (Å²) in [6, 6.07) is 2.13. The lowest BCUT2D eigenvalue weighted by Crippen LogP contribution is -2.44. The highest BCUT2D eigenvalue weighted by molar-refractivity contribution is 5.52. The van der Waals surface area contributed by atoms with Gasteiger partial charge in [0.15, 0.2) is 0 Å². The molecule has 2 heterocycles. The predicted molar refractivity (Wildman–Crippen MR) is 87.6 cm³/mol. The molecule has 0 aromatic carbocycles. The molecular formula is C17H29N3O. The summed E-state index contributed by atoms with van der Waals surface area (Å²) < 4.78 is 5.64. The number of ether oxygens (including phenoxy) is 1. The molecule has 1 aromatic heterocycles. The zero-order valence-electron chi connectivity index (χ0n) is 14.0. The van der Waals surface area contributed by atoms with Gasteiger partial charge in [-0.05, 0) is 39.2 Å². The Balaban J connectivity index is 2.12. The molecule has 1 aliphatic heterocycles. The SMILES string of the molecule is COC1CN(c2ccncc2CNC(C)(C)C)CCC1C. The van der Waals surface area contributed by atoms with Gasteiger partial charge in [0.2, 0.25) is 0 Å². The van der Waals surface area contributed by atoms with Gasteiger partial charge < -0.3 is 15.0 Å². The Labute approximate surface area is 128 Å². The Morgan fingerprint density at radius 2 is 2.19 bits per heavy atom. The van der Waals surface area contributed by atoms with Gasteiger partial charge in [-0.15, -0.1) is 0 Å². The molecule has 1 fully saturated rings. The second-order valence-electron chi connectivity index (χ2n) is 7.09. The van der Waals surface area contributed by atoms with Gasteiger partial charge >= 0.3 is 0 Å². The number of rotatable bonds is 4. The van der Waals surface area contributed by atoms with E-state index in [4.69, 9.17) is 4.74 Å². The minimum absolute atomic E-state index is 0.110. The number of nitrogens with zero attached hydrogens (tertiary/aromatic N) is 2. The van der Waals surface area contributed by atoms with Crippen LogP contribution in [0.5, 0.6) is 0 Å². The maximum Gasteiger partial charge on any atom is 0.0772 e. The summed E-state index contributed by atoms with van der Waals surface area (Å²) in [5, 5.41) is 3.55. The standard InChI is InChI=1S/C17H29N3O/c1-13-7-9-20(12-16(13)21-5)15-6-8-18-10-14(15)11-19-17(2,3)4/h6,8,10,13,16,19H,7,9,11-12H2,1-5H3. The number of methoxy groups -OCH3 is 1. The molecule has 1 N–H and O–H groups in total. The van der Waals surface area contributed by atoms with Crippen molar-refractivity contribution in [2.75, 3.05) is 25.1 Å². The topological polar surface area (TPSA) is 37.4 Å². The predicted octanol–water partition coefficient (Wildman–Crippen LogP) is 2.83. The van der Waals surface area contributed by atoms with Gasteiger partial charge in [0.05, 0.1) is 6.10 Å². The van der Waals surface area contributed by atoms with Gasteiger partial charge in [-0.2, -0.15) is 0 Å². The monoisotopic (exact) mass is 291 g/mol. The fourth-order valence-electron chi connectivity index (χ4n) is 2.78. The Kier molecular flexibility index (Phi) is 5.22. The first-order valence-electron chi connectivity index (χ1n) is 7.86. The van der Waals surface area contributed by atoms with Crippen LogP contribution in [0.15, 0.2) is 18.5 Å². The number of hydrogen-bond acceptors (Lipinski definition) is 4. The summed E-state index contributed by atoms with van der Waals surface area (Å²) in [5.41, 5.74) is 2.66. The fraction of sp³-hybridized carbons (Fsp3) is 0.706. The third kappa shape index (κ3) is 4.42. The normalized spacial score (nSPS) is 23.4. The first kappa shape index (κ1) is 16.2. The molecular weight excluding hydrogens is 262 g/mol. The van der Waals surface area contributed by atoms with E-state index in [1.54, 1.807) is 0 Å². The number of nitrogens with one attached hydrogen (secondary N) is 1. The highest BCUT2D eigenvalue weighted by Crippen LogP contribution is 2.27. The second kappa shape index (κ2) is 6.75. The van der Waals surface area contributed by atoms with Gasteiger partial charge in [-0.1, -0.05) is 6.92 Å². The number of piperidine rings is 1. The third-order valence-corrected chi connectivity index (χ3v) is 4.22. The fourth-order valence-corrected chi connectivity index (χ4v) is 2.78. The molecule has 1 aromatic rings. The summed E-state index contributed by atoms with van der Waals surface area (Å²) in [5.74, 6) is 0.629. The van der Waals surface area contributed by atoms with Crippen molar-refractivity contribution in [3.05, 3.63) is 24.0 Å². The molecule has 0 aliphatic carbocycles. The summed E-state index contributed by atoms with van der Waals surface area (Å²) in [4.78, 5) is 6.74. The Morgan fingerprint density at radius 3 is 2.86 bits per heavy atom. The van der Waals surface area contributed by atoms with Crippen LogP contribution in [-0.4, -0.2) is 36.8 Å². The molecule has 21 heavy (non-hydrogen) atoms. The van der Waals surface area contributed by atoms with Crippen molar-refractivity contribution < 1.29 is 4.74 Å². The van der Waals surface area contributed by atoms with E-state index in [0.717, 1.165) is 19.6 Å². The molecule has 4 heteroatoms. The highest BCUT2D eigenvalue weighted by Gasteiger charge is 2.27. The van der Waals surface area contributed by atoms with Crippen LogP contribution in [-0.2, 0) is 11.3 Å². The lowest BCUT2D eigenvalue weighted by molar-refractivity contribution is 0.0498. The van der Waals surface area contributed by atoms with Crippen LogP contribution in [0.25, 0.3) is 0 Å². The quantitative estimate of drug-likeness (QED) is 0.925. The smallest absolute Gasteiger partial charge is 0.0772 e. The van der Waals surface area contributed by atoms with Crippen LogP contribution < -0.4 is 10.2 Å². The first-order valence-corrected chi connectivity index (χ1v) is 7.86. The largest absolute Gasteiger partial charge is 0.379 e. The molecule has 4 nitrogen and oxygen atoms in total. The number of anilines is 1. The Hall–Kier alpha value is -1.13. The minimum Gasteiger partial charge on any atom is -0.379 e. The van der Waals surface area contributed by atoms with Gasteiger partial charge in [0.25, 0.3) is 0 Å². The molecule has 2 unspecified atom stereocenters. The molecule has 1 saturated heterocycles. The molecule has 2 rings (SSSR count). The number of pyridine rings is 1. The van der Waals surface area contributed by atoms with Crippen LogP contribution >= 0.6 is 0 Å². The van der Waals surface area contributed by atoms with Crippen molar-refractivity contribution in [2.24, 2.45) is 5.92 Å². The van der Waals surface area contributed by atoms with Crippen molar-refractivity contribution in [2.45, 2.75) is 52.3 Å². The van der Waals surface area contributed by atoms with Gasteiger partial charge in [-0.3, -0.25) is 4.98 Å². The van der Waals surface area contributed by atoms with E-state index >= 15 is 0 Å². The highest BCUT2D eigenvalue weighted by atomic mass is 16.5. The van der Waals surface area contributed by atoms with Crippen molar-refractivity contribution >= 4 is 5.69 Å². The molecule has 0 amide bonds. The Bertz CT molecular complexity index is 456. The lowest BCUT2D eigenvalue weighted by Gasteiger charge is -2.38. The van der Waals surface area contributed by atoms with Crippen molar-refractivity contribution in [1.29, 1.82) is 0 Å². The van der Waals surface area contributed by atoms with Crippen LogP contribution in [0.2, 0.25) is 0 Å². The molecule has 2 atom stereocenters. The van der Waals surface area contributed by atoms with Crippen LogP contribution in [0.3, 0.4) is 0 Å². The van der Waals surface area contributed by atoms with E-state index in [1.165, 1.54) is 17.7 Å². The third-order valence-electron chi connectivity index (χ3n) is 4.22. The zero-order chi connectivity index (χ0) is 15.5. The van der Waals surface area contributed by atoms with Crippen molar-refractivity contribution in [3.63, 3.8) is 0 Å². The van der Waals surface area contributed by atoms with E-state index in [1.807, 2.05) is 19.5 Å². The maximum absolute atomic E-state index is 5.64. The molecule has 0 spiro atoms. The molecule has 118 valence electrons. The number of hydrogen-bond donors (Lipinski definition) is 1. The van der Waals surface area contributed by atoms with Gasteiger partial charge in [-0.25, -0.2) is 0 Å². The summed E-state index contributed by atoms with van der Waals surface area (Å²) in [6.07, 6.45) is 5.35. The average molecular weight is 291 g/mol. The van der Waals surface area contributed by atoms with E-state index in [9.17, 15) is 0 Å². The van der Waals surface area contributed by atoms with Gasteiger partial charge in [0.1, 0.15) is 0 Å². The van der Waals surface area contributed by atoms with E-state index in [-0.39, 0.29) is 5.54 Å². The van der Waals surface area contributed by atoms with Crippen LogP contribution in [0.4, 0.5) is 5.69 Å². The minimum atomic E-state index is 0.110. The first-order chi connectivity index (χ1) is 9.90. The average Bonchev–Trinajstić information content (AvgIpc) is 2.45. The number of aromatic nitrogens is 1. The molecule has 0 saturated carbocycles.